The van der Waals surface area contributed by atoms with Crippen molar-refractivity contribution in [1.82, 2.24) is 0 Å². The summed E-state index contributed by atoms with van der Waals surface area (Å²) < 4.78 is 30.1. The summed E-state index contributed by atoms with van der Waals surface area (Å²) in [6.45, 7) is 1.83. The van der Waals surface area contributed by atoms with Crippen LogP contribution in [0.2, 0.25) is 0 Å². The van der Waals surface area contributed by atoms with Gasteiger partial charge in [-0.2, -0.15) is 8.78 Å². The first-order valence-electron chi connectivity index (χ1n) is 4.84. The molecule has 1 aromatic rings. The van der Waals surface area contributed by atoms with Gasteiger partial charge in [0.25, 0.3) is 6.08 Å². The van der Waals surface area contributed by atoms with Crippen LogP contribution in [0.1, 0.15) is 12.5 Å². The highest BCUT2D eigenvalue weighted by molar-refractivity contribution is 5.28. The fourth-order valence-corrected chi connectivity index (χ4v) is 1.64. The molecule has 0 saturated carbocycles. The summed E-state index contributed by atoms with van der Waals surface area (Å²) in [6.07, 6.45) is -1.10. The molecule has 1 aliphatic heterocycles. The molecule has 1 fully saturated rings. The van der Waals surface area contributed by atoms with Crippen molar-refractivity contribution in [2.45, 2.75) is 18.9 Å². The lowest BCUT2D eigenvalue weighted by Crippen LogP contribution is -2.17. The Labute approximate surface area is 87.4 Å². The highest BCUT2D eigenvalue weighted by Crippen LogP contribution is 2.40. The third-order valence-electron chi connectivity index (χ3n) is 2.79. The molecule has 1 atom stereocenters. The quantitative estimate of drug-likeness (QED) is 0.698. The molecule has 1 aliphatic rings. The maximum Gasteiger partial charge on any atom is 0.272 e. The van der Waals surface area contributed by atoms with Gasteiger partial charge in [-0.1, -0.05) is 30.3 Å². The fraction of sp³-hybridized carbons (Fsp3) is 0.333. The number of ether oxygens (including phenoxy) is 1. The second-order valence-electron chi connectivity index (χ2n) is 3.83. The second-order valence-corrected chi connectivity index (χ2v) is 3.83. The van der Waals surface area contributed by atoms with Gasteiger partial charge in [0.15, 0.2) is 0 Å². The number of hydrogen-bond acceptors (Lipinski definition) is 1. The third-order valence-corrected chi connectivity index (χ3v) is 2.79. The minimum Gasteiger partial charge on any atom is -0.364 e. The molecule has 80 valence electrons. The molecule has 3 heteroatoms. The Morgan fingerprint density at radius 3 is 2.40 bits per heavy atom. The smallest absolute Gasteiger partial charge is 0.272 e. The fourth-order valence-electron chi connectivity index (χ4n) is 1.64. The molecular formula is C12H12F2O. The minimum atomic E-state index is -1.62. The molecule has 0 amide bonds. The molecule has 0 spiro atoms. The molecule has 15 heavy (non-hydrogen) atoms. The van der Waals surface area contributed by atoms with Gasteiger partial charge in [-0.25, -0.2) is 0 Å². The highest BCUT2D eigenvalue weighted by Gasteiger charge is 2.48. The van der Waals surface area contributed by atoms with Gasteiger partial charge in [0.2, 0.25) is 0 Å². The van der Waals surface area contributed by atoms with E-state index in [4.69, 9.17) is 4.74 Å². The van der Waals surface area contributed by atoms with Crippen LogP contribution in [0.15, 0.2) is 42.0 Å². The van der Waals surface area contributed by atoms with Gasteiger partial charge in [0.1, 0.15) is 5.60 Å². The van der Waals surface area contributed by atoms with E-state index < -0.39 is 11.7 Å². The third kappa shape index (κ3) is 2.07. The molecule has 0 aliphatic carbocycles. The Hall–Kier alpha value is -1.22. The molecule has 1 saturated heterocycles. The van der Waals surface area contributed by atoms with Crippen LogP contribution in [-0.4, -0.2) is 12.2 Å². The summed E-state index contributed by atoms with van der Waals surface area (Å²) in [6, 6.07) is 9.55. The highest BCUT2D eigenvalue weighted by atomic mass is 19.3. The average Bonchev–Trinajstić information content (AvgIpc) is 2.99. The molecule has 1 unspecified atom stereocenters. The van der Waals surface area contributed by atoms with E-state index in [-0.39, 0.29) is 5.57 Å². The number of epoxide rings is 1. The summed E-state index contributed by atoms with van der Waals surface area (Å²) in [5, 5.41) is 0. The van der Waals surface area contributed by atoms with Crippen molar-refractivity contribution in [2.24, 2.45) is 0 Å². The standard InChI is InChI=1S/C12H12F2O/c1-9(11(13)14)12(8-15-12)7-10-5-3-2-4-6-10/h2-6H,7-8H2,1H3. The topological polar surface area (TPSA) is 12.5 Å². The Morgan fingerprint density at radius 1 is 1.33 bits per heavy atom. The van der Waals surface area contributed by atoms with Gasteiger partial charge >= 0.3 is 0 Å². The molecule has 0 aromatic heterocycles. The first kappa shape index (κ1) is 10.3. The van der Waals surface area contributed by atoms with E-state index in [0.717, 1.165) is 5.56 Å². The second kappa shape index (κ2) is 3.74. The van der Waals surface area contributed by atoms with Crippen LogP contribution in [-0.2, 0) is 11.2 Å². The van der Waals surface area contributed by atoms with Crippen molar-refractivity contribution < 1.29 is 13.5 Å². The Bertz CT molecular complexity index is 376. The van der Waals surface area contributed by atoms with E-state index in [9.17, 15) is 8.78 Å². The summed E-state index contributed by atoms with van der Waals surface area (Å²) in [5.41, 5.74) is 0.349. The van der Waals surface area contributed by atoms with Crippen LogP contribution in [0, 0.1) is 0 Å². The van der Waals surface area contributed by atoms with Gasteiger partial charge in [0, 0.05) is 12.0 Å². The van der Waals surface area contributed by atoms with E-state index in [1.807, 2.05) is 30.3 Å². The van der Waals surface area contributed by atoms with Crippen molar-refractivity contribution in [3.63, 3.8) is 0 Å². The van der Waals surface area contributed by atoms with Crippen molar-refractivity contribution in [2.75, 3.05) is 6.61 Å². The zero-order valence-corrected chi connectivity index (χ0v) is 8.47. The molecule has 1 heterocycles. The Morgan fingerprint density at radius 2 is 1.93 bits per heavy atom. The van der Waals surface area contributed by atoms with Crippen molar-refractivity contribution in [3.8, 4) is 0 Å². The predicted molar refractivity (Wildman–Crippen MR) is 53.7 cm³/mol. The lowest BCUT2D eigenvalue weighted by Gasteiger charge is -2.11. The van der Waals surface area contributed by atoms with Crippen LogP contribution in [0.3, 0.4) is 0 Å². The lowest BCUT2D eigenvalue weighted by atomic mass is 9.94. The van der Waals surface area contributed by atoms with E-state index in [2.05, 4.69) is 0 Å². The first-order chi connectivity index (χ1) is 7.14. The maximum atomic E-state index is 12.5. The zero-order chi connectivity index (χ0) is 10.9. The van der Waals surface area contributed by atoms with Gasteiger partial charge in [-0.15, -0.1) is 0 Å². The van der Waals surface area contributed by atoms with Crippen LogP contribution in [0.4, 0.5) is 8.78 Å². The zero-order valence-electron chi connectivity index (χ0n) is 8.47. The van der Waals surface area contributed by atoms with E-state index >= 15 is 0 Å². The number of rotatable bonds is 3. The van der Waals surface area contributed by atoms with Gasteiger partial charge in [-0.3, -0.25) is 0 Å². The number of benzene rings is 1. The summed E-state index contributed by atoms with van der Waals surface area (Å²) >= 11 is 0. The van der Waals surface area contributed by atoms with E-state index in [1.165, 1.54) is 6.92 Å². The predicted octanol–water partition coefficient (Wildman–Crippen LogP) is 3.17. The van der Waals surface area contributed by atoms with Crippen molar-refractivity contribution >= 4 is 0 Å². The summed E-state index contributed by atoms with van der Waals surface area (Å²) in [5.74, 6) is 0. The maximum absolute atomic E-state index is 12.5. The van der Waals surface area contributed by atoms with Crippen molar-refractivity contribution in [1.29, 1.82) is 0 Å². The van der Waals surface area contributed by atoms with Gasteiger partial charge in [0.05, 0.1) is 6.61 Å². The molecule has 2 rings (SSSR count). The molecule has 1 aromatic carbocycles. The van der Waals surface area contributed by atoms with Crippen LogP contribution in [0.5, 0.6) is 0 Å². The molecule has 0 bridgehead atoms. The molecule has 1 nitrogen and oxygen atoms in total. The van der Waals surface area contributed by atoms with E-state index in [0.29, 0.717) is 13.0 Å². The number of halogens is 2. The molecular weight excluding hydrogens is 198 g/mol. The average molecular weight is 210 g/mol. The lowest BCUT2D eigenvalue weighted by molar-refractivity contribution is 0.313. The van der Waals surface area contributed by atoms with Crippen LogP contribution >= 0.6 is 0 Å². The van der Waals surface area contributed by atoms with Crippen LogP contribution < -0.4 is 0 Å². The van der Waals surface area contributed by atoms with Gasteiger partial charge < -0.3 is 4.74 Å². The normalized spacial score (nSPS) is 23.7. The monoisotopic (exact) mass is 210 g/mol. The van der Waals surface area contributed by atoms with Crippen molar-refractivity contribution in [3.05, 3.63) is 47.5 Å². The first-order valence-corrected chi connectivity index (χ1v) is 4.84. The Kier molecular flexibility index (Phi) is 2.57. The van der Waals surface area contributed by atoms with Crippen LogP contribution in [0.25, 0.3) is 0 Å². The number of hydrogen-bond donors (Lipinski definition) is 0. The minimum absolute atomic E-state index is 0.0614. The summed E-state index contributed by atoms with van der Waals surface area (Å²) in [4.78, 5) is 0. The largest absolute Gasteiger partial charge is 0.364 e. The molecule has 0 N–H and O–H groups in total. The molecule has 0 radical (unpaired) electrons. The SMILES string of the molecule is CC(=C(F)F)C1(Cc2ccccc2)CO1. The van der Waals surface area contributed by atoms with Gasteiger partial charge in [-0.05, 0) is 12.5 Å². The van der Waals surface area contributed by atoms with E-state index in [1.54, 1.807) is 0 Å². The Balaban J connectivity index is 2.17. The summed E-state index contributed by atoms with van der Waals surface area (Å²) in [7, 11) is 0.